The number of hydrogen-bond acceptors (Lipinski definition) is 4. The average molecular weight is 205 g/mol. The lowest BCUT2D eigenvalue weighted by atomic mass is 10.1. The predicted molar refractivity (Wildman–Crippen MR) is 58.8 cm³/mol. The first-order valence-electron chi connectivity index (χ1n) is 4.62. The normalized spacial score (nSPS) is 14.0. The lowest BCUT2D eigenvalue weighted by Crippen LogP contribution is -2.45. The third-order valence-electron chi connectivity index (χ3n) is 2.14. The van der Waals surface area contributed by atoms with Gasteiger partial charge in [-0.25, -0.2) is 0 Å². The van der Waals surface area contributed by atoms with E-state index in [1.807, 2.05) is 13.8 Å². The van der Waals surface area contributed by atoms with Crippen molar-refractivity contribution in [1.82, 2.24) is 5.43 Å². The highest BCUT2D eigenvalue weighted by molar-refractivity contribution is 6.00. The third kappa shape index (κ3) is 1.63. The molecule has 5 heteroatoms. The van der Waals surface area contributed by atoms with Crippen LogP contribution in [0, 0.1) is 0 Å². The fourth-order valence-corrected chi connectivity index (χ4v) is 1.24. The summed E-state index contributed by atoms with van der Waals surface area (Å²) in [4.78, 5) is 1.68. The highest BCUT2D eigenvalue weighted by atomic mass is 16.3. The summed E-state index contributed by atoms with van der Waals surface area (Å²) < 4.78 is 0. The van der Waals surface area contributed by atoms with Crippen molar-refractivity contribution < 1.29 is 9.90 Å². The summed E-state index contributed by atoms with van der Waals surface area (Å²) >= 11 is 0. The Balaban J connectivity index is 2.31. The van der Waals surface area contributed by atoms with Gasteiger partial charge in [-0.3, -0.25) is 0 Å². The van der Waals surface area contributed by atoms with E-state index in [4.69, 9.17) is 5.73 Å². The van der Waals surface area contributed by atoms with E-state index < -0.39 is 0 Å². The van der Waals surface area contributed by atoms with Gasteiger partial charge in [0, 0.05) is 24.2 Å². The van der Waals surface area contributed by atoms with E-state index in [-0.39, 0.29) is 5.75 Å². The molecule has 0 atom stereocenters. The van der Waals surface area contributed by atoms with Crippen molar-refractivity contribution >= 4 is 17.2 Å². The van der Waals surface area contributed by atoms with Crippen molar-refractivity contribution in [3.63, 3.8) is 0 Å². The van der Waals surface area contributed by atoms with Crippen molar-refractivity contribution in [1.29, 1.82) is 0 Å². The number of hydrazine groups is 1. The molecule has 5 nitrogen and oxygen atoms in total. The SMILES string of the molecule is CC(C)=[N+]1N=C(c2ccc(O)c(N)c2)N1. The number of nitrogens with two attached hydrogens (primary N) is 1. The molecule has 15 heavy (non-hydrogen) atoms. The van der Waals surface area contributed by atoms with Gasteiger partial charge in [0.2, 0.25) is 5.71 Å². The van der Waals surface area contributed by atoms with E-state index in [9.17, 15) is 5.11 Å². The fourth-order valence-electron chi connectivity index (χ4n) is 1.24. The van der Waals surface area contributed by atoms with Gasteiger partial charge in [0.1, 0.15) is 5.75 Å². The number of benzene rings is 1. The van der Waals surface area contributed by atoms with Gasteiger partial charge in [0.25, 0.3) is 5.84 Å². The van der Waals surface area contributed by atoms with Gasteiger partial charge in [-0.2, -0.15) is 0 Å². The van der Waals surface area contributed by atoms with Crippen LogP contribution in [-0.2, 0) is 0 Å². The topological polar surface area (TPSA) is 73.7 Å². The zero-order valence-corrected chi connectivity index (χ0v) is 8.65. The van der Waals surface area contributed by atoms with Gasteiger partial charge in [-0.05, 0) is 18.2 Å². The maximum Gasteiger partial charge on any atom is 0.263 e. The summed E-state index contributed by atoms with van der Waals surface area (Å²) in [6.07, 6.45) is 0. The van der Waals surface area contributed by atoms with Crippen LogP contribution in [0.2, 0.25) is 0 Å². The molecular weight excluding hydrogens is 192 g/mol. The smallest absolute Gasteiger partial charge is 0.263 e. The van der Waals surface area contributed by atoms with Crippen LogP contribution in [0.4, 0.5) is 5.69 Å². The standard InChI is InChI=1S/C10H12N4O/c1-6(2)14-12-10(13-14)7-3-4-9(15)8(11)5-7/h3-5H,11H2,1-2H3,(H-,12,13,15)/p+1. The maximum atomic E-state index is 9.26. The number of hydrazone groups is 2. The molecule has 2 rings (SSSR count). The molecule has 1 aliphatic heterocycles. The maximum absolute atomic E-state index is 9.26. The van der Waals surface area contributed by atoms with E-state index in [0.717, 1.165) is 17.1 Å². The van der Waals surface area contributed by atoms with Crippen LogP contribution in [0.5, 0.6) is 5.75 Å². The minimum absolute atomic E-state index is 0.0914. The Kier molecular flexibility index (Phi) is 2.07. The summed E-state index contributed by atoms with van der Waals surface area (Å²) in [6.45, 7) is 3.91. The number of phenolic OH excluding ortho intramolecular Hbond substituents is 1. The van der Waals surface area contributed by atoms with Crippen LogP contribution in [0.15, 0.2) is 23.3 Å². The Morgan fingerprint density at radius 2 is 2.13 bits per heavy atom. The zero-order chi connectivity index (χ0) is 11.0. The second-order valence-corrected chi connectivity index (χ2v) is 3.59. The molecule has 0 radical (unpaired) electrons. The first kappa shape index (κ1) is 9.51. The van der Waals surface area contributed by atoms with E-state index in [1.165, 1.54) is 0 Å². The average Bonchev–Trinajstić information content (AvgIpc) is 2.08. The predicted octanol–water partition coefficient (Wildman–Crippen LogP) is 0.647. The molecule has 0 amide bonds. The number of nitrogens with zero attached hydrogens (tertiary/aromatic N) is 2. The molecule has 1 heterocycles. The molecule has 0 spiro atoms. The van der Waals surface area contributed by atoms with Crippen LogP contribution in [0.3, 0.4) is 0 Å². The van der Waals surface area contributed by atoms with E-state index >= 15 is 0 Å². The second-order valence-electron chi connectivity index (χ2n) is 3.59. The van der Waals surface area contributed by atoms with Crippen molar-refractivity contribution in [3.8, 4) is 5.75 Å². The van der Waals surface area contributed by atoms with Crippen molar-refractivity contribution in [3.05, 3.63) is 23.8 Å². The fraction of sp³-hybridized carbons (Fsp3) is 0.200. The Morgan fingerprint density at radius 1 is 1.47 bits per heavy atom. The summed E-state index contributed by atoms with van der Waals surface area (Å²) in [6, 6.07) is 5.00. The number of phenols is 1. The lowest BCUT2D eigenvalue weighted by molar-refractivity contribution is -0.603. The minimum Gasteiger partial charge on any atom is -0.506 e. The molecule has 0 unspecified atom stereocenters. The molecule has 78 valence electrons. The molecule has 0 bridgehead atoms. The molecule has 1 aromatic carbocycles. The number of amidine groups is 1. The van der Waals surface area contributed by atoms with Crippen LogP contribution >= 0.6 is 0 Å². The summed E-state index contributed by atoms with van der Waals surface area (Å²) in [5, 5.41) is 13.5. The number of aromatic hydroxyl groups is 1. The molecule has 1 aromatic rings. The summed E-state index contributed by atoms with van der Waals surface area (Å²) in [5.74, 6) is 0.844. The monoisotopic (exact) mass is 205 g/mol. The second kappa shape index (κ2) is 3.27. The molecule has 0 saturated carbocycles. The Morgan fingerprint density at radius 3 is 2.67 bits per heavy atom. The highest BCUT2D eigenvalue weighted by Crippen LogP contribution is 2.21. The highest BCUT2D eigenvalue weighted by Gasteiger charge is 2.25. The van der Waals surface area contributed by atoms with E-state index in [2.05, 4.69) is 10.5 Å². The minimum atomic E-state index is 0.0914. The van der Waals surface area contributed by atoms with Crippen LogP contribution in [0.1, 0.15) is 19.4 Å². The molecular formula is C10H13N4O+. The zero-order valence-electron chi connectivity index (χ0n) is 8.65. The Bertz CT molecular complexity index is 472. The quantitative estimate of drug-likeness (QED) is 0.358. The Labute approximate surface area is 87.5 Å². The van der Waals surface area contributed by atoms with Crippen molar-refractivity contribution in [2.24, 2.45) is 5.10 Å². The van der Waals surface area contributed by atoms with Gasteiger partial charge in [-0.15, -0.1) is 5.43 Å². The molecule has 4 N–H and O–H groups in total. The van der Waals surface area contributed by atoms with Gasteiger partial charge in [0.05, 0.1) is 10.8 Å². The summed E-state index contributed by atoms with van der Waals surface area (Å²) in [7, 11) is 0. The molecule has 0 fully saturated rings. The van der Waals surface area contributed by atoms with E-state index in [1.54, 1.807) is 23.0 Å². The van der Waals surface area contributed by atoms with Crippen LogP contribution < -0.4 is 11.2 Å². The van der Waals surface area contributed by atoms with Gasteiger partial charge >= 0.3 is 0 Å². The number of anilines is 1. The van der Waals surface area contributed by atoms with Crippen molar-refractivity contribution in [2.45, 2.75) is 13.8 Å². The molecule has 0 aromatic heterocycles. The first-order chi connectivity index (χ1) is 7.08. The Hall–Kier alpha value is -2.04. The van der Waals surface area contributed by atoms with Gasteiger partial charge in [-0.1, -0.05) is 0 Å². The van der Waals surface area contributed by atoms with E-state index in [0.29, 0.717) is 5.69 Å². The third-order valence-corrected chi connectivity index (χ3v) is 2.14. The molecule has 0 saturated heterocycles. The van der Waals surface area contributed by atoms with Crippen molar-refractivity contribution in [2.75, 3.05) is 5.73 Å². The largest absolute Gasteiger partial charge is 0.506 e. The summed E-state index contributed by atoms with van der Waals surface area (Å²) in [5.41, 5.74) is 10.9. The molecule has 0 aliphatic carbocycles. The number of hydrogen-bond donors (Lipinski definition) is 3. The first-order valence-corrected chi connectivity index (χ1v) is 4.62. The number of nitrogen functional groups attached to an aromatic ring is 1. The van der Waals surface area contributed by atoms with Gasteiger partial charge < -0.3 is 10.8 Å². The number of nitrogens with one attached hydrogen (secondary N) is 1. The van der Waals surface area contributed by atoms with Crippen LogP contribution in [-0.4, -0.2) is 21.4 Å². The van der Waals surface area contributed by atoms with Crippen LogP contribution in [0.25, 0.3) is 0 Å². The molecule has 1 aliphatic rings. The van der Waals surface area contributed by atoms with Gasteiger partial charge in [0.15, 0.2) is 0 Å². The lowest BCUT2D eigenvalue weighted by Gasteiger charge is -2.11. The number of rotatable bonds is 1.